The number of nitrogens with two attached hydrogens (primary N) is 1. The second kappa shape index (κ2) is 6.48. The zero-order chi connectivity index (χ0) is 16.3. The van der Waals surface area contributed by atoms with Gasteiger partial charge in [0.05, 0.1) is 11.3 Å². The Morgan fingerprint density at radius 2 is 1.81 bits per heavy atom. The summed E-state index contributed by atoms with van der Waals surface area (Å²) in [6, 6.07) is 4.80. The van der Waals surface area contributed by atoms with Crippen LogP contribution < -0.4 is 11.1 Å². The number of carbonyl (C=O) groups is 1. The van der Waals surface area contributed by atoms with Gasteiger partial charge in [0.2, 0.25) is 15.7 Å². The van der Waals surface area contributed by atoms with Crippen molar-refractivity contribution in [2.75, 3.05) is 6.54 Å². The molecule has 0 aliphatic carbocycles. The topological polar surface area (TPSA) is 89.3 Å². The second-order valence-electron chi connectivity index (χ2n) is 5.39. The monoisotopic (exact) mass is 320 g/mol. The van der Waals surface area contributed by atoms with Gasteiger partial charge in [-0.3, -0.25) is 4.79 Å². The van der Waals surface area contributed by atoms with Gasteiger partial charge in [-0.15, -0.1) is 0 Å². The lowest BCUT2D eigenvalue weighted by atomic mass is 10.1. The molecule has 0 unspecified atom stereocenters. The first kappa shape index (κ1) is 17.5. The molecule has 1 aromatic carbocycles. The molecule has 0 fully saturated rings. The SMILES string of the molecule is CC(C)(N)CNC(=O)Cc1ccc(S(=O)(=O)C(F)F)cc1. The molecule has 0 bridgehead atoms. The summed E-state index contributed by atoms with van der Waals surface area (Å²) in [6.07, 6.45) is 0.0189. The minimum atomic E-state index is -4.60. The first-order chi connectivity index (χ1) is 9.52. The summed E-state index contributed by atoms with van der Waals surface area (Å²) in [6.45, 7) is 3.82. The highest BCUT2D eigenvalue weighted by Crippen LogP contribution is 2.18. The van der Waals surface area contributed by atoms with Crippen LogP contribution in [0.1, 0.15) is 19.4 Å². The zero-order valence-electron chi connectivity index (χ0n) is 11.8. The summed E-state index contributed by atoms with van der Waals surface area (Å²) >= 11 is 0. The number of amides is 1. The van der Waals surface area contributed by atoms with Crippen molar-refractivity contribution in [3.05, 3.63) is 29.8 Å². The maximum atomic E-state index is 12.4. The maximum Gasteiger partial charge on any atom is 0.341 e. The highest BCUT2D eigenvalue weighted by molar-refractivity contribution is 7.91. The molecule has 0 saturated heterocycles. The highest BCUT2D eigenvalue weighted by Gasteiger charge is 2.26. The fourth-order valence-corrected chi connectivity index (χ4v) is 2.20. The van der Waals surface area contributed by atoms with Crippen LogP contribution in [-0.2, 0) is 21.1 Å². The van der Waals surface area contributed by atoms with Gasteiger partial charge in [0.1, 0.15) is 0 Å². The van der Waals surface area contributed by atoms with Gasteiger partial charge >= 0.3 is 5.76 Å². The van der Waals surface area contributed by atoms with Crippen molar-refractivity contribution in [3.8, 4) is 0 Å². The summed E-state index contributed by atoms with van der Waals surface area (Å²) in [7, 11) is -4.60. The lowest BCUT2D eigenvalue weighted by Crippen LogP contribution is -2.45. The van der Waals surface area contributed by atoms with Crippen LogP contribution in [0.2, 0.25) is 0 Å². The minimum absolute atomic E-state index is 0.0189. The van der Waals surface area contributed by atoms with Gasteiger partial charge in [0.15, 0.2) is 0 Å². The van der Waals surface area contributed by atoms with Crippen LogP contribution in [0.25, 0.3) is 0 Å². The zero-order valence-corrected chi connectivity index (χ0v) is 12.6. The number of benzene rings is 1. The first-order valence-electron chi connectivity index (χ1n) is 6.19. The van der Waals surface area contributed by atoms with E-state index in [4.69, 9.17) is 5.73 Å². The fourth-order valence-electron chi connectivity index (χ4n) is 1.47. The van der Waals surface area contributed by atoms with E-state index in [9.17, 15) is 22.0 Å². The minimum Gasteiger partial charge on any atom is -0.354 e. The van der Waals surface area contributed by atoms with Crippen LogP contribution in [-0.4, -0.2) is 32.2 Å². The Labute approximate surface area is 122 Å². The van der Waals surface area contributed by atoms with Crippen molar-refractivity contribution < 1.29 is 22.0 Å². The van der Waals surface area contributed by atoms with E-state index in [1.165, 1.54) is 12.1 Å². The van der Waals surface area contributed by atoms with Crippen LogP contribution in [0.15, 0.2) is 29.2 Å². The Morgan fingerprint density at radius 1 is 1.29 bits per heavy atom. The van der Waals surface area contributed by atoms with Crippen molar-refractivity contribution in [2.24, 2.45) is 5.73 Å². The molecule has 1 aromatic rings. The number of halogens is 2. The van der Waals surface area contributed by atoms with Crippen LogP contribution in [0.4, 0.5) is 8.78 Å². The largest absolute Gasteiger partial charge is 0.354 e. The number of hydrogen-bond acceptors (Lipinski definition) is 4. The third kappa shape index (κ3) is 5.39. The molecule has 118 valence electrons. The summed E-state index contributed by atoms with van der Waals surface area (Å²) in [4.78, 5) is 11.2. The quantitative estimate of drug-likeness (QED) is 0.821. The summed E-state index contributed by atoms with van der Waals surface area (Å²) in [5, 5.41) is 2.63. The van der Waals surface area contributed by atoms with E-state index >= 15 is 0 Å². The molecule has 1 rings (SSSR count). The molecule has 3 N–H and O–H groups in total. The van der Waals surface area contributed by atoms with Crippen molar-refractivity contribution in [2.45, 2.75) is 36.5 Å². The van der Waals surface area contributed by atoms with Crippen molar-refractivity contribution >= 4 is 15.7 Å². The van der Waals surface area contributed by atoms with Crippen molar-refractivity contribution in [1.82, 2.24) is 5.32 Å². The van der Waals surface area contributed by atoms with Gasteiger partial charge in [0, 0.05) is 12.1 Å². The molecule has 0 spiro atoms. The molecule has 0 atom stereocenters. The lowest BCUT2D eigenvalue weighted by molar-refractivity contribution is -0.120. The van der Waals surface area contributed by atoms with E-state index in [0.717, 1.165) is 12.1 Å². The molecular weight excluding hydrogens is 302 g/mol. The van der Waals surface area contributed by atoms with Gasteiger partial charge in [-0.05, 0) is 31.5 Å². The predicted molar refractivity (Wildman–Crippen MR) is 74.6 cm³/mol. The smallest absolute Gasteiger partial charge is 0.341 e. The Kier molecular flexibility index (Phi) is 5.41. The number of alkyl halides is 2. The Bertz CT molecular complexity index is 593. The second-order valence-corrected chi connectivity index (χ2v) is 7.31. The Balaban J connectivity index is 2.70. The Morgan fingerprint density at radius 3 is 2.24 bits per heavy atom. The van der Waals surface area contributed by atoms with E-state index in [1.54, 1.807) is 13.8 Å². The number of hydrogen-bond donors (Lipinski definition) is 2. The molecule has 21 heavy (non-hydrogen) atoms. The number of carbonyl (C=O) groups excluding carboxylic acids is 1. The third-order valence-corrected chi connectivity index (χ3v) is 3.99. The average molecular weight is 320 g/mol. The number of nitrogens with one attached hydrogen (secondary N) is 1. The van der Waals surface area contributed by atoms with Gasteiger partial charge in [-0.1, -0.05) is 12.1 Å². The van der Waals surface area contributed by atoms with E-state index < -0.39 is 26.0 Å². The molecule has 1 amide bonds. The van der Waals surface area contributed by atoms with Crippen LogP contribution in [0.5, 0.6) is 0 Å². The molecule has 0 aliphatic rings. The predicted octanol–water partition coefficient (Wildman–Crippen LogP) is 1.08. The molecule has 0 aromatic heterocycles. The standard InChI is InChI=1S/C13H18F2N2O3S/c1-13(2,16)8-17-11(18)7-9-3-5-10(6-4-9)21(19,20)12(14)15/h3-6,12H,7-8,16H2,1-2H3,(H,17,18). The van der Waals surface area contributed by atoms with E-state index in [1.807, 2.05) is 0 Å². The van der Waals surface area contributed by atoms with Crippen LogP contribution in [0.3, 0.4) is 0 Å². The van der Waals surface area contributed by atoms with Crippen molar-refractivity contribution in [1.29, 1.82) is 0 Å². The molecular formula is C13H18F2N2O3S. The lowest BCUT2D eigenvalue weighted by Gasteiger charge is -2.18. The molecule has 0 heterocycles. The number of sulfone groups is 1. The first-order valence-corrected chi connectivity index (χ1v) is 7.73. The van der Waals surface area contributed by atoms with Gasteiger partial charge in [-0.2, -0.15) is 8.78 Å². The van der Waals surface area contributed by atoms with Gasteiger partial charge in [0.25, 0.3) is 0 Å². The molecule has 0 radical (unpaired) electrons. The number of rotatable bonds is 6. The normalized spacial score (nSPS) is 12.5. The molecule has 5 nitrogen and oxygen atoms in total. The molecule has 8 heteroatoms. The summed E-state index contributed by atoms with van der Waals surface area (Å²) < 4.78 is 47.2. The van der Waals surface area contributed by atoms with Gasteiger partial charge in [-0.25, -0.2) is 8.42 Å². The van der Waals surface area contributed by atoms with Gasteiger partial charge < -0.3 is 11.1 Å². The molecule has 0 aliphatic heterocycles. The van der Waals surface area contributed by atoms with Crippen molar-refractivity contribution in [3.63, 3.8) is 0 Å². The fraction of sp³-hybridized carbons (Fsp3) is 0.462. The molecule has 0 saturated carbocycles. The Hall–Kier alpha value is -1.54. The highest BCUT2D eigenvalue weighted by atomic mass is 32.2. The maximum absolute atomic E-state index is 12.4. The van der Waals surface area contributed by atoms with E-state index in [0.29, 0.717) is 12.1 Å². The average Bonchev–Trinajstić information content (AvgIpc) is 2.36. The van der Waals surface area contributed by atoms with Crippen LogP contribution >= 0.6 is 0 Å². The van der Waals surface area contributed by atoms with E-state index in [2.05, 4.69) is 5.32 Å². The van der Waals surface area contributed by atoms with Crippen LogP contribution in [0, 0.1) is 0 Å². The summed E-state index contributed by atoms with van der Waals surface area (Å²) in [5.74, 6) is -3.74. The third-order valence-electron chi connectivity index (χ3n) is 2.59. The summed E-state index contributed by atoms with van der Waals surface area (Å²) in [5.41, 5.74) is 5.71. The van der Waals surface area contributed by atoms with E-state index in [-0.39, 0.29) is 12.3 Å².